The number of benzene rings is 4. The minimum absolute atomic E-state index is 0.00538. The van der Waals surface area contributed by atoms with Gasteiger partial charge in [-0.15, -0.1) is 5.10 Å². The summed E-state index contributed by atoms with van der Waals surface area (Å²) in [4.78, 5) is 31.3. The molecule has 2 aromatic heterocycles. The first kappa shape index (κ1) is 42.4. The second-order valence-corrected chi connectivity index (χ2v) is 17.4. The number of halogens is 1. The van der Waals surface area contributed by atoms with E-state index in [1.165, 1.54) is 16.7 Å². The number of rotatable bonds is 12. The summed E-state index contributed by atoms with van der Waals surface area (Å²) in [6.07, 6.45) is 2.20. The van der Waals surface area contributed by atoms with Crippen LogP contribution in [0.15, 0.2) is 85.5 Å². The summed E-state index contributed by atoms with van der Waals surface area (Å²) in [6, 6.07) is 24.8. The number of hydrogen-bond donors (Lipinski definition) is 3. The van der Waals surface area contributed by atoms with Crippen LogP contribution in [-0.4, -0.2) is 108 Å². The van der Waals surface area contributed by atoms with E-state index < -0.39 is 0 Å². The van der Waals surface area contributed by atoms with Gasteiger partial charge in [-0.05, 0) is 65.3 Å². The second-order valence-electron chi connectivity index (χ2n) is 17.0. The number of aromatic nitrogens is 5. The van der Waals surface area contributed by atoms with Crippen LogP contribution in [0.3, 0.4) is 0 Å². The SMILES string of the molecule is C=CC(=O)N1CCN(c2nc(OCC3CN(Cc4ccc(-n5c(O)nnc5-c5cc(C(C)C)c(O)cc5O)cc4)C3)nc3c2CCN(c2cccc4cccc(Cl)c24)C3)CC1CC#N. The maximum absolute atomic E-state index is 12.7. The molecule has 4 aromatic carbocycles. The normalized spacial score (nSPS) is 16.7. The summed E-state index contributed by atoms with van der Waals surface area (Å²) in [5, 5.41) is 52.3. The molecule has 2 saturated heterocycles. The van der Waals surface area contributed by atoms with Crippen molar-refractivity contribution in [2.75, 3.05) is 55.7 Å². The van der Waals surface area contributed by atoms with E-state index in [-0.39, 0.29) is 53.5 Å². The lowest BCUT2D eigenvalue weighted by Crippen LogP contribution is -2.55. The predicted octanol–water partition coefficient (Wildman–Crippen LogP) is 6.96. The highest BCUT2D eigenvalue weighted by Crippen LogP contribution is 2.40. The molecular formula is C48H49ClN10O5. The first-order chi connectivity index (χ1) is 31.0. The van der Waals surface area contributed by atoms with E-state index in [9.17, 15) is 25.4 Å². The number of phenols is 2. The van der Waals surface area contributed by atoms with Gasteiger partial charge in [0, 0.05) is 74.4 Å². The maximum Gasteiger partial charge on any atom is 0.319 e. The zero-order valence-electron chi connectivity index (χ0n) is 35.7. The van der Waals surface area contributed by atoms with Crippen LogP contribution in [0, 0.1) is 17.2 Å². The van der Waals surface area contributed by atoms with E-state index in [2.05, 4.69) is 61.8 Å². The minimum Gasteiger partial charge on any atom is -0.508 e. The van der Waals surface area contributed by atoms with Crippen LogP contribution in [0.5, 0.6) is 23.5 Å². The number of carbonyl (C=O) groups is 1. The smallest absolute Gasteiger partial charge is 0.319 e. The second kappa shape index (κ2) is 17.7. The molecule has 0 saturated carbocycles. The number of aromatic hydroxyl groups is 3. The maximum atomic E-state index is 12.7. The molecule has 2 fully saturated rings. The highest BCUT2D eigenvalue weighted by atomic mass is 35.5. The number of amides is 1. The standard InChI is InChI=1S/C48H49ClN10O5/c1-4-43(62)58-20-19-57(26-34(58)15-17-50)45-35-16-18-56(40-10-6-8-32-7-5-9-38(49)44(32)40)27-39(35)51-47(52-45)64-28-31-24-55(25-31)23-30-11-13-33(14-12-30)59-46(53-54-48(59)63)37-21-36(29(2)3)41(60)22-42(37)61/h4-14,21-22,29,31,34,60-61H,1,15-16,18-20,23-28H2,2-3H3,(H,54,63). The van der Waals surface area contributed by atoms with Gasteiger partial charge >= 0.3 is 12.0 Å². The molecule has 1 unspecified atom stereocenters. The summed E-state index contributed by atoms with van der Waals surface area (Å²) < 4.78 is 7.89. The number of nitrogens with zero attached hydrogens (tertiary/aromatic N) is 10. The zero-order valence-corrected chi connectivity index (χ0v) is 36.5. The van der Waals surface area contributed by atoms with Crippen molar-refractivity contribution >= 4 is 39.8 Å². The van der Waals surface area contributed by atoms with E-state index in [1.807, 2.05) is 50.2 Å². The van der Waals surface area contributed by atoms with Gasteiger partial charge in [-0.3, -0.25) is 9.69 Å². The summed E-state index contributed by atoms with van der Waals surface area (Å²) >= 11 is 6.77. The van der Waals surface area contributed by atoms with E-state index >= 15 is 0 Å². The van der Waals surface area contributed by atoms with Gasteiger partial charge in [-0.2, -0.15) is 15.2 Å². The van der Waals surface area contributed by atoms with Gasteiger partial charge in [0.05, 0.1) is 53.7 Å². The Kier molecular flexibility index (Phi) is 11.7. The van der Waals surface area contributed by atoms with Crippen molar-refractivity contribution in [2.45, 2.75) is 51.7 Å². The fourth-order valence-corrected chi connectivity index (χ4v) is 9.51. The molecule has 15 nitrogen and oxygen atoms in total. The summed E-state index contributed by atoms with van der Waals surface area (Å²) in [7, 11) is 0. The first-order valence-electron chi connectivity index (χ1n) is 21.5. The molecule has 1 atom stereocenters. The number of hydrogen-bond acceptors (Lipinski definition) is 13. The van der Waals surface area contributed by atoms with Crippen LogP contribution < -0.4 is 14.5 Å². The molecule has 5 heterocycles. The zero-order chi connectivity index (χ0) is 44.6. The van der Waals surface area contributed by atoms with Crippen LogP contribution in [-0.2, 0) is 24.3 Å². The Labute approximate surface area is 376 Å². The number of ether oxygens (including phenoxy) is 1. The van der Waals surface area contributed by atoms with Crippen LogP contribution in [0.4, 0.5) is 11.5 Å². The van der Waals surface area contributed by atoms with E-state index in [0.29, 0.717) is 73.6 Å². The monoisotopic (exact) mass is 880 g/mol. The average molecular weight is 881 g/mol. The first-order valence-corrected chi connectivity index (χ1v) is 21.9. The molecule has 328 valence electrons. The van der Waals surface area contributed by atoms with Crippen molar-refractivity contribution in [1.29, 1.82) is 5.26 Å². The van der Waals surface area contributed by atoms with Crippen LogP contribution in [0.1, 0.15) is 48.6 Å². The topological polar surface area (TPSA) is 180 Å². The highest BCUT2D eigenvalue weighted by molar-refractivity contribution is 6.36. The molecule has 3 aliphatic rings. The minimum atomic E-state index is -0.320. The lowest BCUT2D eigenvalue weighted by molar-refractivity contribution is -0.128. The lowest BCUT2D eigenvalue weighted by Gasteiger charge is -2.42. The van der Waals surface area contributed by atoms with Gasteiger partial charge in [0.1, 0.15) is 17.3 Å². The molecule has 3 N–H and O–H groups in total. The van der Waals surface area contributed by atoms with Crippen molar-refractivity contribution < 1.29 is 24.9 Å². The summed E-state index contributed by atoms with van der Waals surface area (Å²) in [5.41, 5.74) is 5.66. The van der Waals surface area contributed by atoms with Crippen molar-refractivity contribution in [3.8, 4) is 46.7 Å². The summed E-state index contributed by atoms with van der Waals surface area (Å²) in [6.45, 7) is 13.1. The largest absolute Gasteiger partial charge is 0.508 e. The molecule has 6 aromatic rings. The Hall–Kier alpha value is -6.89. The third-order valence-corrected chi connectivity index (χ3v) is 12.8. The number of piperazine rings is 1. The van der Waals surface area contributed by atoms with Gasteiger partial charge in [-0.25, -0.2) is 4.57 Å². The molecule has 16 heteroatoms. The van der Waals surface area contributed by atoms with Crippen molar-refractivity contribution in [1.82, 2.24) is 34.5 Å². The fourth-order valence-electron chi connectivity index (χ4n) is 9.23. The fraction of sp³-hybridized carbons (Fsp3) is 0.333. The lowest BCUT2D eigenvalue weighted by atomic mass is 9.98. The quantitative estimate of drug-likeness (QED) is 0.108. The molecule has 3 aliphatic heterocycles. The van der Waals surface area contributed by atoms with E-state index in [4.69, 9.17) is 26.3 Å². The Morgan fingerprint density at radius 3 is 2.50 bits per heavy atom. The summed E-state index contributed by atoms with van der Waals surface area (Å²) in [5.74, 6) is 0.935. The molecule has 1 amide bonds. The number of carbonyl (C=O) groups excluding carboxylic acids is 1. The van der Waals surface area contributed by atoms with Crippen LogP contribution >= 0.6 is 11.6 Å². The number of phenolic OH excluding ortho intramolecular Hbond substituents is 2. The number of nitriles is 1. The molecule has 0 spiro atoms. The molecule has 0 radical (unpaired) electrons. The number of fused-ring (bicyclic) bond motifs is 2. The van der Waals surface area contributed by atoms with Crippen molar-refractivity contribution in [2.24, 2.45) is 5.92 Å². The molecular weight excluding hydrogens is 832 g/mol. The van der Waals surface area contributed by atoms with Crippen LogP contribution in [0.25, 0.3) is 27.8 Å². The van der Waals surface area contributed by atoms with Crippen molar-refractivity contribution in [3.63, 3.8) is 0 Å². The predicted molar refractivity (Wildman–Crippen MR) is 244 cm³/mol. The van der Waals surface area contributed by atoms with Gasteiger partial charge in [0.15, 0.2) is 5.82 Å². The average Bonchev–Trinajstić information content (AvgIpc) is 3.66. The number of likely N-dealkylation sites (tertiary alicyclic amines) is 1. The van der Waals surface area contributed by atoms with Crippen molar-refractivity contribution in [3.05, 3.63) is 113 Å². The third-order valence-electron chi connectivity index (χ3n) is 12.5. The third kappa shape index (κ3) is 8.22. The van der Waals surface area contributed by atoms with Gasteiger partial charge in [0.2, 0.25) is 5.91 Å². The highest BCUT2D eigenvalue weighted by Gasteiger charge is 2.34. The Balaban J connectivity index is 0.894. The van der Waals surface area contributed by atoms with Gasteiger partial charge in [-0.1, -0.05) is 73.5 Å². The van der Waals surface area contributed by atoms with E-state index in [1.54, 1.807) is 11.0 Å². The van der Waals surface area contributed by atoms with Gasteiger partial charge < -0.3 is 34.8 Å². The molecule has 0 bridgehead atoms. The Bertz CT molecular complexity index is 2780. The molecule has 9 rings (SSSR count). The molecule has 0 aliphatic carbocycles. The Morgan fingerprint density at radius 2 is 1.75 bits per heavy atom. The molecule has 64 heavy (non-hydrogen) atoms. The number of anilines is 2. The Morgan fingerprint density at radius 1 is 0.969 bits per heavy atom. The van der Waals surface area contributed by atoms with Gasteiger partial charge in [0.25, 0.3) is 0 Å². The van der Waals surface area contributed by atoms with Crippen LogP contribution in [0.2, 0.25) is 5.02 Å². The van der Waals surface area contributed by atoms with E-state index in [0.717, 1.165) is 58.7 Å².